The number of rotatable bonds is 6. The van der Waals surface area contributed by atoms with Gasteiger partial charge in [-0.1, -0.05) is 18.2 Å². The van der Waals surface area contributed by atoms with Crippen LogP contribution >= 0.6 is 0 Å². The van der Waals surface area contributed by atoms with Gasteiger partial charge in [-0.05, 0) is 37.1 Å². The number of aromatic amines is 1. The van der Waals surface area contributed by atoms with E-state index < -0.39 is 0 Å². The Bertz CT molecular complexity index is 492. The van der Waals surface area contributed by atoms with Gasteiger partial charge in [0, 0.05) is 17.3 Å². The zero-order chi connectivity index (χ0) is 12.8. The number of nitrogens with zero attached hydrogens (tertiary/aromatic N) is 3. The second-order valence-electron chi connectivity index (χ2n) is 4.23. The maximum atomic E-state index is 3.97. The second-order valence-corrected chi connectivity index (χ2v) is 4.23. The number of nitrogens with one attached hydrogen (secondary N) is 2. The average molecular weight is 243 g/mol. The maximum Gasteiger partial charge on any atom is 0.204 e. The molecule has 0 saturated carbocycles. The molecule has 0 aliphatic carbocycles. The van der Waals surface area contributed by atoms with Gasteiger partial charge in [-0.25, -0.2) is 0 Å². The molecule has 0 amide bonds. The smallest absolute Gasteiger partial charge is 0.204 e. The summed E-state index contributed by atoms with van der Waals surface area (Å²) in [7, 11) is 0. The Morgan fingerprint density at radius 3 is 3.11 bits per heavy atom. The monoisotopic (exact) mass is 243 g/mol. The number of tetrazole rings is 1. The Kier molecular flexibility index (Phi) is 4.06. The zero-order valence-electron chi connectivity index (χ0n) is 10.4. The molecule has 2 aromatic rings. The Morgan fingerprint density at radius 2 is 2.39 bits per heavy atom. The molecule has 1 atom stereocenters. The molecule has 5 heteroatoms. The normalized spacial score (nSPS) is 12.1. The van der Waals surface area contributed by atoms with E-state index in [1.54, 1.807) is 0 Å². The molecular formula is C13H17N5. The Morgan fingerprint density at radius 1 is 1.50 bits per heavy atom. The van der Waals surface area contributed by atoms with Gasteiger partial charge >= 0.3 is 0 Å². The second kappa shape index (κ2) is 5.95. The van der Waals surface area contributed by atoms with Gasteiger partial charge in [-0.3, -0.25) is 0 Å². The summed E-state index contributed by atoms with van der Waals surface area (Å²) in [5, 5.41) is 17.4. The molecule has 2 N–H and O–H groups in total. The number of aromatic nitrogens is 4. The molecule has 1 aromatic carbocycles. The van der Waals surface area contributed by atoms with Crippen LogP contribution in [0.1, 0.15) is 19.8 Å². The molecule has 0 aliphatic heterocycles. The van der Waals surface area contributed by atoms with Crippen LogP contribution in [0.25, 0.3) is 11.4 Å². The third-order valence-corrected chi connectivity index (χ3v) is 2.68. The highest BCUT2D eigenvalue weighted by molar-refractivity contribution is 5.61. The summed E-state index contributed by atoms with van der Waals surface area (Å²) >= 11 is 0. The number of hydrogen-bond acceptors (Lipinski definition) is 4. The summed E-state index contributed by atoms with van der Waals surface area (Å²) in [4.78, 5) is 0. The molecule has 1 aromatic heterocycles. The highest BCUT2D eigenvalue weighted by Gasteiger charge is 2.05. The van der Waals surface area contributed by atoms with Crippen molar-refractivity contribution in [2.75, 3.05) is 5.32 Å². The molecule has 5 nitrogen and oxygen atoms in total. The molecule has 0 spiro atoms. The van der Waals surface area contributed by atoms with Crippen molar-refractivity contribution in [3.8, 4) is 11.4 Å². The van der Waals surface area contributed by atoms with Gasteiger partial charge in [0.1, 0.15) is 0 Å². The van der Waals surface area contributed by atoms with E-state index in [-0.39, 0.29) is 0 Å². The first-order chi connectivity index (χ1) is 8.79. The lowest BCUT2D eigenvalue weighted by Crippen LogP contribution is -2.14. The van der Waals surface area contributed by atoms with Crippen LogP contribution in [0.4, 0.5) is 5.69 Å². The minimum absolute atomic E-state index is 0.406. The van der Waals surface area contributed by atoms with Crippen LogP contribution in [0.15, 0.2) is 36.9 Å². The fraction of sp³-hybridized carbons (Fsp3) is 0.308. The lowest BCUT2D eigenvalue weighted by atomic mass is 10.1. The first kappa shape index (κ1) is 12.3. The van der Waals surface area contributed by atoms with Crippen molar-refractivity contribution in [2.24, 2.45) is 0 Å². The van der Waals surface area contributed by atoms with E-state index in [0.717, 1.165) is 24.1 Å². The first-order valence-corrected chi connectivity index (χ1v) is 6.01. The lowest BCUT2D eigenvalue weighted by molar-refractivity contribution is 0.719. The van der Waals surface area contributed by atoms with Crippen molar-refractivity contribution in [2.45, 2.75) is 25.8 Å². The van der Waals surface area contributed by atoms with Crippen LogP contribution in [0, 0.1) is 0 Å². The van der Waals surface area contributed by atoms with E-state index >= 15 is 0 Å². The van der Waals surface area contributed by atoms with E-state index in [1.807, 2.05) is 30.3 Å². The van der Waals surface area contributed by atoms with E-state index in [2.05, 4.69) is 39.4 Å². The summed E-state index contributed by atoms with van der Waals surface area (Å²) in [6.07, 6.45) is 4.02. The predicted octanol–water partition coefficient (Wildman–Crippen LogP) is 2.63. The average Bonchev–Trinajstić information content (AvgIpc) is 2.90. The Balaban J connectivity index is 2.06. The largest absolute Gasteiger partial charge is 0.383 e. The molecule has 94 valence electrons. The summed E-state index contributed by atoms with van der Waals surface area (Å²) in [5.41, 5.74) is 2.01. The highest BCUT2D eigenvalue weighted by Crippen LogP contribution is 2.19. The quantitative estimate of drug-likeness (QED) is 0.765. The van der Waals surface area contributed by atoms with Gasteiger partial charge < -0.3 is 5.32 Å². The summed E-state index contributed by atoms with van der Waals surface area (Å²) in [6.45, 7) is 5.89. The van der Waals surface area contributed by atoms with Gasteiger partial charge in [0.25, 0.3) is 0 Å². The number of allylic oxidation sites excluding steroid dienone is 1. The molecule has 18 heavy (non-hydrogen) atoms. The highest BCUT2D eigenvalue weighted by atomic mass is 15.5. The van der Waals surface area contributed by atoms with Crippen molar-refractivity contribution < 1.29 is 0 Å². The van der Waals surface area contributed by atoms with Crippen molar-refractivity contribution >= 4 is 5.69 Å². The maximum absolute atomic E-state index is 3.97. The lowest BCUT2D eigenvalue weighted by Gasteiger charge is -2.14. The van der Waals surface area contributed by atoms with Crippen molar-refractivity contribution in [1.82, 2.24) is 20.6 Å². The van der Waals surface area contributed by atoms with Crippen LogP contribution in [0.3, 0.4) is 0 Å². The SMILES string of the molecule is C=CCCC(C)Nc1cccc(-c2nn[nH]n2)c1. The molecule has 1 unspecified atom stereocenters. The fourth-order valence-corrected chi connectivity index (χ4v) is 1.76. The molecule has 0 aliphatic rings. The minimum atomic E-state index is 0.406. The number of anilines is 1. The summed E-state index contributed by atoms with van der Waals surface area (Å²) < 4.78 is 0. The van der Waals surface area contributed by atoms with Crippen LogP contribution < -0.4 is 5.32 Å². The van der Waals surface area contributed by atoms with Crippen molar-refractivity contribution in [3.05, 3.63) is 36.9 Å². The van der Waals surface area contributed by atoms with Crippen LogP contribution in [0.2, 0.25) is 0 Å². The van der Waals surface area contributed by atoms with Crippen LogP contribution in [-0.2, 0) is 0 Å². The third-order valence-electron chi connectivity index (χ3n) is 2.68. The molecule has 2 rings (SSSR count). The van der Waals surface area contributed by atoms with Crippen molar-refractivity contribution in [3.63, 3.8) is 0 Å². The van der Waals surface area contributed by atoms with Gasteiger partial charge in [-0.2, -0.15) is 5.21 Å². The fourth-order valence-electron chi connectivity index (χ4n) is 1.76. The third kappa shape index (κ3) is 3.16. The van der Waals surface area contributed by atoms with Crippen LogP contribution in [0.5, 0.6) is 0 Å². The molecule has 1 heterocycles. The first-order valence-electron chi connectivity index (χ1n) is 6.01. The van der Waals surface area contributed by atoms with Gasteiger partial charge in [0.05, 0.1) is 0 Å². The topological polar surface area (TPSA) is 66.5 Å². The summed E-state index contributed by atoms with van der Waals surface area (Å²) in [6, 6.07) is 8.41. The predicted molar refractivity (Wildman–Crippen MR) is 72.1 cm³/mol. The Labute approximate surface area is 106 Å². The Hall–Kier alpha value is -2.17. The number of benzene rings is 1. The van der Waals surface area contributed by atoms with Gasteiger partial charge in [0.2, 0.25) is 5.82 Å². The van der Waals surface area contributed by atoms with Crippen molar-refractivity contribution in [1.29, 1.82) is 0 Å². The number of hydrogen-bond donors (Lipinski definition) is 2. The zero-order valence-corrected chi connectivity index (χ0v) is 10.4. The van der Waals surface area contributed by atoms with E-state index in [4.69, 9.17) is 0 Å². The number of H-pyrrole nitrogens is 1. The summed E-state index contributed by atoms with van der Waals surface area (Å²) in [5.74, 6) is 0.609. The molecule has 0 bridgehead atoms. The van der Waals surface area contributed by atoms with E-state index in [9.17, 15) is 0 Å². The van der Waals surface area contributed by atoms with E-state index in [1.165, 1.54) is 0 Å². The van der Waals surface area contributed by atoms with Gasteiger partial charge in [0.15, 0.2) is 0 Å². The van der Waals surface area contributed by atoms with Gasteiger partial charge in [-0.15, -0.1) is 16.8 Å². The molecular weight excluding hydrogens is 226 g/mol. The minimum Gasteiger partial charge on any atom is -0.383 e. The standard InChI is InChI=1S/C13H17N5/c1-3-4-6-10(2)14-12-8-5-7-11(9-12)13-15-17-18-16-13/h3,5,7-10,14H,1,4,6H2,2H3,(H,15,16,17,18). The van der Waals surface area contributed by atoms with E-state index in [0.29, 0.717) is 11.9 Å². The van der Waals surface area contributed by atoms with Crippen LogP contribution in [-0.4, -0.2) is 26.7 Å². The molecule has 0 fully saturated rings. The molecule has 0 radical (unpaired) electrons. The molecule has 0 saturated heterocycles.